The van der Waals surface area contributed by atoms with Crippen LogP contribution in [0.15, 0.2) is 54.6 Å². The second-order valence-corrected chi connectivity index (χ2v) is 12.2. The summed E-state index contributed by atoms with van der Waals surface area (Å²) >= 11 is 0. The number of hydrogen-bond acceptors (Lipinski definition) is 5. The van der Waals surface area contributed by atoms with E-state index in [1.54, 1.807) is 42.5 Å². The third-order valence-electron chi connectivity index (χ3n) is 6.04. The Balaban J connectivity index is 1.97. The Kier molecular flexibility index (Phi) is 6.48. The highest BCUT2D eigenvalue weighted by Crippen LogP contribution is 2.41. The molecule has 0 saturated carbocycles. The lowest BCUT2D eigenvalue weighted by Crippen LogP contribution is -2.64. The van der Waals surface area contributed by atoms with E-state index < -0.39 is 25.4 Å². The van der Waals surface area contributed by atoms with E-state index in [1.807, 2.05) is 0 Å². The second-order valence-electron chi connectivity index (χ2n) is 7.46. The van der Waals surface area contributed by atoms with Gasteiger partial charge in [-0.2, -0.15) is 0 Å². The van der Waals surface area contributed by atoms with Crippen molar-refractivity contribution < 1.29 is 18.9 Å². The van der Waals surface area contributed by atoms with Gasteiger partial charge in [-0.1, -0.05) is 51.1 Å². The van der Waals surface area contributed by atoms with Gasteiger partial charge in [0.25, 0.3) is 17.5 Å². The van der Waals surface area contributed by atoms with Crippen molar-refractivity contribution in [3.8, 4) is 0 Å². The molecule has 2 aromatic rings. The van der Waals surface area contributed by atoms with Crippen molar-refractivity contribution in [3.63, 3.8) is 0 Å². The summed E-state index contributed by atoms with van der Waals surface area (Å²) in [6.45, 7) is 6.24. The number of amides is 2. The molecule has 0 spiro atoms. The van der Waals surface area contributed by atoms with Gasteiger partial charge in [0.2, 0.25) is 0 Å². The molecule has 0 N–H and O–H groups in total. The van der Waals surface area contributed by atoms with Crippen molar-refractivity contribution >= 4 is 25.8 Å². The number of carbonyl (C=O) groups excluding carboxylic acids is 2. The largest absolute Gasteiger partial charge is 0.403 e. The number of benzene rings is 2. The molecular weight excluding hydrogens is 400 g/mol. The van der Waals surface area contributed by atoms with Crippen LogP contribution in [0.2, 0.25) is 18.1 Å². The fourth-order valence-corrected chi connectivity index (χ4v) is 6.68. The van der Waals surface area contributed by atoms with E-state index in [9.17, 15) is 19.7 Å². The molecule has 2 aromatic carbocycles. The summed E-state index contributed by atoms with van der Waals surface area (Å²) in [5, 5.41) is 11.0. The van der Waals surface area contributed by atoms with Crippen LogP contribution in [0.3, 0.4) is 0 Å². The standard InChI is InChI=1S/C22H26N2O5Si/c1-4-30(5-2,6-3)29-20-19(16-12-14-18(15-13-16)24(27)28)23(22(20)26)21(25)17-10-8-7-9-11-17/h7-15,19-20H,4-6H2,1-3H3/t19-,20+/m0/s1. The minimum absolute atomic E-state index is 0.0396. The minimum Gasteiger partial charge on any atom is -0.403 e. The third-order valence-corrected chi connectivity index (χ3v) is 10.7. The summed E-state index contributed by atoms with van der Waals surface area (Å²) in [5.41, 5.74) is 1.03. The number of hydrogen-bond donors (Lipinski definition) is 0. The van der Waals surface area contributed by atoms with Gasteiger partial charge >= 0.3 is 0 Å². The molecule has 1 aliphatic rings. The molecule has 0 unspecified atom stereocenters. The van der Waals surface area contributed by atoms with Gasteiger partial charge in [0.05, 0.1) is 11.0 Å². The maximum atomic E-state index is 13.1. The number of nitrogens with zero attached hydrogens (tertiary/aromatic N) is 2. The van der Waals surface area contributed by atoms with Crippen LogP contribution in [0.1, 0.15) is 42.7 Å². The number of non-ortho nitro benzene ring substituents is 1. The lowest BCUT2D eigenvalue weighted by atomic mass is 9.89. The first-order valence-corrected chi connectivity index (χ1v) is 12.7. The monoisotopic (exact) mass is 426 g/mol. The smallest absolute Gasteiger partial charge is 0.269 e. The number of nitro groups is 1. The molecule has 1 aliphatic heterocycles. The number of β-lactam (4-membered cyclic amide) rings is 1. The molecule has 0 aliphatic carbocycles. The lowest BCUT2D eigenvalue weighted by Gasteiger charge is -2.48. The topological polar surface area (TPSA) is 89.8 Å². The summed E-state index contributed by atoms with van der Waals surface area (Å²) in [5.74, 6) is -0.736. The number of likely N-dealkylation sites (tertiary alicyclic amines) is 1. The normalized spacial score (nSPS) is 18.8. The van der Waals surface area contributed by atoms with Crippen LogP contribution in [0.5, 0.6) is 0 Å². The van der Waals surface area contributed by atoms with E-state index in [-0.39, 0.29) is 17.5 Å². The summed E-state index contributed by atoms with van der Waals surface area (Å²) in [6, 6.07) is 16.7. The Bertz CT molecular complexity index is 920. The molecule has 2 amide bonds. The molecule has 0 bridgehead atoms. The van der Waals surface area contributed by atoms with Crippen LogP contribution < -0.4 is 0 Å². The van der Waals surface area contributed by atoms with Crippen LogP contribution >= 0.6 is 0 Å². The molecule has 1 fully saturated rings. The predicted octanol–water partition coefficient (Wildman–Crippen LogP) is 4.71. The zero-order valence-electron chi connectivity index (χ0n) is 17.4. The van der Waals surface area contributed by atoms with Crippen LogP contribution in [0, 0.1) is 10.1 Å². The number of nitro benzene ring substituents is 1. The Morgan fingerprint density at radius 2 is 1.60 bits per heavy atom. The maximum Gasteiger partial charge on any atom is 0.269 e. The van der Waals surface area contributed by atoms with E-state index in [1.165, 1.54) is 17.0 Å². The van der Waals surface area contributed by atoms with Crippen LogP contribution in [-0.2, 0) is 9.22 Å². The van der Waals surface area contributed by atoms with Crippen molar-refractivity contribution in [2.24, 2.45) is 0 Å². The van der Waals surface area contributed by atoms with Gasteiger partial charge in [-0.25, -0.2) is 0 Å². The van der Waals surface area contributed by atoms with Gasteiger partial charge in [-0.3, -0.25) is 24.6 Å². The highest BCUT2D eigenvalue weighted by Gasteiger charge is 2.54. The summed E-state index contributed by atoms with van der Waals surface area (Å²) < 4.78 is 6.46. The lowest BCUT2D eigenvalue weighted by molar-refractivity contribution is -0.384. The van der Waals surface area contributed by atoms with Crippen molar-refractivity contribution in [1.29, 1.82) is 0 Å². The molecule has 1 saturated heterocycles. The van der Waals surface area contributed by atoms with E-state index in [0.29, 0.717) is 11.1 Å². The van der Waals surface area contributed by atoms with E-state index >= 15 is 0 Å². The molecule has 3 rings (SSSR count). The van der Waals surface area contributed by atoms with Crippen molar-refractivity contribution in [2.45, 2.75) is 51.0 Å². The van der Waals surface area contributed by atoms with Crippen LogP contribution in [0.4, 0.5) is 5.69 Å². The van der Waals surface area contributed by atoms with Gasteiger partial charge in [0.15, 0.2) is 14.4 Å². The molecule has 158 valence electrons. The van der Waals surface area contributed by atoms with E-state index in [2.05, 4.69) is 20.8 Å². The fraction of sp³-hybridized carbons (Fsp3) is 0.364. The fourth-order valence-electron chi connectivity index (χ4n) is 3.91. The van der Waals surface area contributed by atoms with Crippen molar-refractivity contribution in [1.82, 2.24) is 4.90 Å². The molecule has 0 aromatic heterocycles. The average molecular weight is 427 g/mol. The van der Waals surface area contributed by atoms with Crippen LogP contribution in [-0.4, -0.2) is 36.1 Å². The maximum absolute atomic E-state index is 13.1. The summed E-state index contributed by atoms with van der Waals surface area (Å²) in [6.07, 6.45) is -0.745. The first-order chi connectivity index (χ1) is 14.4. The quantitative estimate of drug-likeness (QED) is 0.200. The van der Waals surface area contributed by atoms with Gasteiger partial charge in [0.1, 0.15) is 0 Å². The minimum atomic E-state index is -2.11. The predicted molar refractivity (Wildman–Crippen MR) is 116 cm³/mol. The highest BCUT2D eigenvalue weighted by atomic mass is 28.4. The molecule has 2 atom stereocenters. The molecule has 30 heavy (non-hydrogen) atoms. The SMILES string of the molecule is CC[Si](CC)(CC)O[C@H]1C(=O)N(C(=O)c2ccccc2)[C@H]1c1ccc([N+](=O)[O-])cc1. The highest BCUT2D eigenvalue weighted by molar-refractivity contribution is 6.73. The first kappa shape index (κ1) is 21.9. The molecule has 0 radical (unpaired) electrons. The number of imide groups is 1. The molecular formula is C22H26N2O5Si. The average Bonchev–Trinajstić information content (AvgIpc) is 2.79. The number of rotatable bonds is 8. The Morgan fingerprint density at radius 1 is 1.03 bits per heavy atom. The van der Waals surface area contributed by atoms with Gasteiger partial charge in [-0.05, 0) is 35.8 Å². The zero-order chi connectivity index (χ0) is 21.9. The van der Waals surface area contributed by atoms with Crippen molar-refractivity contribution in [2.75, 3.05) is 0 Å². The van der Waals surface area contributed by atoms with E-state index in [4.69, 9.17) is 4.43 Å². The zero-order valence-corrected chi connectivity index (χ0v) is 18.4. The number of carbonyl (C=O) groups is 2. The van der Waals surface area contributed by atoms with Crippen LogP contribution in [0.25, 0.3) is 0 Å². The summed E-state index contributed by atoms with van der Waals surface area (Å²) in [4.78, 5) is 37.9. The molecule has 1 heterocycles. The first-order valence-electron chi connectivity index (χ1n) is 10.2. The third kappa shape index (κ3) is 3.93. The van der Waals surface area contributed by atoms with E-state index in [0.717, 1.165) is 18.1 Å². The van der Waals surface area contributed by atoms with Gasteiger partial charge in [0, 0.05) is 17.7 Å². The Labute approximate surface area is 176 Å². The van der Waals surface area contributed by atoms with Gasteiger partial charge in [-0.15, -0.1) is 0 Å². The van der Waals surface area contributed by atoms with Gasteiger partial charge < -0.3 is 4.43 Å². The summed E-state index contributed by atoms with van der Waals surface area (Å²) in [7, 11) is -2.11. The Morgan fingerprint density at radius 3 is 2.10 bits per heavy atom. The van der Waals surface area contributed by atoms with Crippen molar-refractivity contribution in [3.05, 3.63) is 75.8 Å². The second kappa shape index (κ2) is 8.89. The molecule has 8 heteroatoms. The molecule has 7 nitrogen and oxygen atoms in total. The Hall–Kier alpha value is -2.84.